The molecule has 4 heteroatoms. The highest BCUT2D eigenvalue weighted by atomic mass is 16.4. The zero-order valence-corrected chi connectivity index (χ0v) is 11.3. The molecule has 0 radical (unpaired) electrons. The van der Waals surface area contributed by atoms with Crippen LogP contribution in [-0.2, 0) is 4.79 Å². The van der Waals surface area contributed by atoms with Crippen LogP contribution in [0.15, 0.2) is 0 Å². The van der Waals surface area contributed by atoms with Crippen LogP contribution in [-0.4, -0.2) is 48.2 Å². The minimum atomic E-state index is -0.714. The van der Waals surface area contributed by atoms with Gasteiger partial charge in [0.15, 0.2) is 0 Å². The van der Waals surface area contributed by atoms with Crippen LogP contribution in [0.25, 0.3) is 0 Å². The Balaban J connectivity index is 2.35. The molecule has 0 bridgehead atoms. The average Bonchev–Trinajstić information content (AvgIpc) is 2.63. The van der Waals surface area contributed by atoms with Gasteiger partial charge in [0.25, 0.3) is 0 Å². The fraction of sp³-hybridized carbons (Fsp3) is 0.923. The van der Waals surface area contributed by atoms with E-state index in [4.69, 9.17) is 5.11 Å². The highest BCUT2D eigenvalue weighted by Crippen LogP contribution is 2.22. The molecule has 1 rings (SSSR count). The maximum atomic E-state index is 11.1. The van der Waals surface area contributed by atoms with Gasteiger partial charge in [-0.25, -0.2) is 0 Å². The summed E-state index contributed by atoms with van der Waals surface area (Å²) in [5.74, 6) is 0.515. The average molecular weight is 242 g/mol. The lowest BCUT2D eigenvalue weighted by Crippen LogP contribution is -2.38. The molecule has 2 unspecified atom stereocenters. The molecule has 100 valence electrons. The Kier molecular flexibility index (Phi) is 5.92. The summed E-state index contributed by atoms with van der Waals surface area (Å²) >= 11 is 0. The molecule has 1 heterocycles. The monoisotopic (exact) mass is 242 g/mol. The maximum absolute atomic E-state index is 11.1. The van der Waals surface area contributed by atoms with Crippen LogP contribution in [0.4, 0.5) is 0 Å². The highest BCUT2D eigenvalue weighted by molar-refractivity contribution is 5.73. The summed E-state index contributed by atoms with van der Waals surface area (Å²) in [6, 6.07) is -0.371. The molecular formula is C13H26N2O2. The smallest absolute Gasteiger partial charge is 0.320 e. The van der Waals surface area contributed by atoms with Gasteiger partial charge in [-0.15, -0.1) is 0 Å². The number of carboxylic acid groups (broad SMARTS) is 1. The van der Waals surface area contributed by atoms with Gasteiger partial charge in [-0.1, -0.05) is 20.8 Å². The van der Waals surface area contributed by atoms with Crippen molar-refractivity contribution in [3.63, 3.8) is 0 Å². The number of nitrogens with zero attached hydrogens (tertiary/aromatic N) is 1. The van der Waals surface area contributed by atoms with Crippen molar-refractivity contribution in [2.24, 2.45) is 11.8 Å². The first-order chi connectivity index (χ1) is 8.02. The third-order valence-electron chi connectivity index (χ3n) is 3.31. The number of hydrogen-bond acceptors (Lipinski definition) is 3. The molecule has 1 fully saturated rings. The minimum absolute atomic E-state index is 0.371. The van der Waals surface area contributed by atoms with Crippen molar-refractivity contribution in [3.8, 4) is 0 Å². The lowest BCUT2D eigenvalue weighted by atomic mass is 9.99. The van der Waals surface area contributed by atoms with Gasteiger partial charge in [0.05, 0.1) is 0 Å². The number of rotatable bonds is 7. The van der Waals surface area contributed by atoms with Crippen LogP contribution >= 0.6 is 0 Å². The largest absolute Gasteiger partial charge is 0.480 e. The number of carboxylic acids is 1. The number of carbonyl (C=O) groups is 1. The van der Waals surface area contributed by atoms with Crippen LogP contribution < -0.4 is 5.32 Å². The van der Waals surface area contributed by atoms with Crippen LogP contribution in [0.1, 0.15) is 33.6 Å². The van der Waals surface area contributed by atoms with Crippen LogP contribution in [0.2, 0.25) is 0 Å². The molecule has 1 aliphatic heterocycles. The summed E-state index contributed by atoms with van der Waals surface area (Å²) in [6.45, 7) is 10.5. The van der Waals surface area contributed by atoms with Gasteiger partial charge in [-0.3, -0.25) is 4.79 Å². The van der Waals surface area contributed by atoms with Crippen molar-refractivity contribution in [3.05, 3.63) is 0 Å². The van der Waals surface area contributed by atoms with Crippen molar-refractivity contribution >= 4 is 5.97 Å². The van der Waals surface area contributed by atoms with E-state index in [-0.39, 0.29) is 6.04 Å². The summed E-state index contributed by atoms with van der Waals surface area (Å²) in [5, 5.41) is 12.1. The Morgan fingerprint density at radius 3 is 2.76 bits per heavy atom. The molecule has 0 aromatic carbocycles. The number of hydrogen-bond donors (Lipinski definition) is 2. The molecule has 0 aromatic rings. The lowest BCUT2D eigenvalue weighted by Gasteiger charge is -2.20. The summed E-state index contributed by atoms with van der Waals surface area (Å²) in [7, 11) is 0. The van der Waals surface area contributed by atoms with E-state index >= 15 is 0 Å². The second-order valence-corrected chi connectivity index (χ2v) is 5.49. The van der Waals surface area contributed by atoms with E-state index in [2.05, 4.69) is 24.1 Å². The second-order valence-electron chi connectivity index (χ2n) is 5.49. The predicted molar refractivity (Wildman–Crippen MR) is 69.1 cm³/mol. The predicted octanol–water partition coefficient (Wildman–Crippen LogP) is 1.42. The maximum Gasteiger partial charge on any atom is 0.320 e. The van der Waals surface area contributed by atoms with Gasteiger partial charge in [0.2, 0.25) is 0 Å². The van der Waals surface area contributed by atoms with Crippen molar-refractivity contribution < 1.29 is 9.90 Å². The first-order valence-electron chi connectivity index (χ1n) is 6.71. The Morgan fingerprint density at radius 2 is 2.24 bits per heavy atom. The number of likely N-dealkylation sites (N-methyl/N-ethyl adjacent to an activating group) is 1. The summed E-state index contributed by atoms with van der Waals surface area (Å²) in [6.07, 6.45) is 1.90. The van der Waals surface area contributed by atoms with Gasteiger partial charge in [0, 0.05) is 13.1 Å². The Labute approximate surface area is 104 Å². The van der Waals surface area contributed by atoms with E-state index < -0.39 is 5.97 Å². The van der Waals surface area contributed by atoms with E-state index in [1.54, 1.807) is 0 Å². The zero-order chi connectivity index (χ0) is 12.8. The molecule has 0 saturated carbocycles. The molecule has 1 saturated heterocycles. The molecule has 0 amide bonds. The third-order valence-corrected chi connectivity index (χ3v) is 3.31. The van der Waals surface area contributed by atoms with Gasteiger partial charge < -0.3 is 15.3 Å². The minimum Gasteiger partial charge on any atom is -0.480 e. The van der Waals surface area contributed by atoms with Crippen LogP contribution in [0, 0.1) is 11.8 Å². The van der Waals surface area contributed by atoms with E-state index in [1.165, 1.54) is 0 Å². The van der Waals surface area contributed by atoms with E-state index in [0.717, 1.165) is 39.0 Å². The van der Waals surface area contributed by atoms with E-state index in [1.807, 2.05) is 6.92 Å². The Hall–Kier alpha value is -0.610. The van der Waals surface area contributed by atoms with Gasteiger partial charge in [-0.2, -0.15) is 0 Å². The fourth-order valence-electron chi connectivity index (χ4n) is 2.64. The number of likely N-dealkylation sites (tertiary alicyclic amines) is 1. The molecule has 0 spiro atoms. The molecule has 17 heavy (non-hydrogen) atoms. The Bertz CT molecular complexity index is 244. The molecule has 4 nitrogen and oxygen atoms in total. The topological polar surface area (TPSA) is 52.6 Å². The molecular weight excluding hydrogens is 216 g/mol. The van der Waals surface area contributed by atoms with Gasteiger partial charge in [-0.05, 0) is 37.8 Å². The highest BCUT2D eigenvalue weighted by Gasteiger charge is 2.27. The molecule has 0 aliphatic carbocycles. The second kappa shape index (κ2) is 6.97. The van der Waals surface area contributed by atoms with E-state index in [0.29, 0.717) is 11.8 Å². The van der Waals surface area contributed by atoms with Gasteiger partial charge >= 0.3 is 5.97 Å². The SMILES string of the molecule is CCNC(CC1CCN(CC(C)C)C1)C(=O)O. The zero-order valence-electron chi connectivity index (χ0n) is 11.3. The van der Waals surface area contributed by atoms with Crippen LogP contribution in [0.5, 0.6) is 0 Å². The van der Waals surface area contributed by atoms with E-state index in [9.17, 15) is 4.79 Å². The summed E-state index contributed by atoms with van der Waals surface area (Å²) in [5.41, 5.74) is 0. The number of nitrogens with one attached hydrogen (secondary N) is 1. The van der Waals surface area contributed by atoms with Crippen molar-refractivity contribution in [2.75, 3.05) is 26.2 Å². The lowest BCUT2D eigenvalue weighted by molar-refractivity contribution is -0.139. The molecule has 2 atom stereocenters. The molecule has 0 aromatic heterocycles. The van der Waals surface area contributed by atoms with Gasteiger partial charge in [0.1, 0.15) is 6.04 Å². The van der Waals surface area contributed by atoms with Crippen molar-refractivity contribution in [2.45, 2.75) is 39.7 Å². The first-order valence-corrected chi connectivity index (χ1v) is 6.71. The quantitative estimate of drug-likeness (QED) is 0.709. The van der Waals surface area contributed by atoms with Crippen molar-refractivity contribution in [1.82, 2.24) is 10.2 Å². The molecule has 2 N–H and O–H groups in total. The standard InChI is InChI=1S/C13H26N2O2/c1-4-14-12(13(16)17)7-11-5-6-15(9-11)8-10(2)3/h10-12,14H,4-9H2,1-3H3,(H,16,17). The Morgan fingerprint density at radius 1 is 1.53 bits per heavy atom. The summed E-state index contributed by atoms with van der Waals surface area (Å²) in [4.78, 5) is 13.5. The normalized spacial score (nSPS) is 23.2. The summed E-state index contributed by atoms with van der Waals surface area (Å²) < 4.78 is 0. The fourth-order valence-corrected chi connectivity index (χ4v) is 2.64. The van der Waals surface area contributed by atoms with Crippen molar-refractivity contribution in [1.29, 1.82) is 0 Å². The molecule has 1 aliphatic rings. The third kappa shape index (κ3) is 5.04. The van der Waals surface area contributed by atoms with Crippen LogP contribution in [0.3, 0.4) is 0 Å². The first kappa shape index (κ1) is 14.5. The number of aliphatic carboxylic acids is 1.